The lowest BCUT2D eigenvalue weighted by molar-refractivity contribution is 0.415. The third-order valence-electron chi connectivity index (χ3n) is 4.47. The molecule has 0 atom stereocenters. The number of methoxy groups -OCH3 is 2. The number of rotatable bonds is 8. The summed E-state index contributed by atoms with van der Waals surface area (Å²) in [5.41, 5.74) is 2.30. The van der Waals surface area contributed by atoms with Gasteiger partial charge >= 0.3 is 0 Å². The zero-order chi connectivity index (χ0) is 19.1. The summed E-state index contributed by atoms with van der Waals surface area (Å²) in [7, 11) is 2.65. The Morgan fingerprint density at radius 1 is 0.778 bits per heavy atom. The van der Waals surface area contributed by atoms with Crippen molar-refractivity contribution in [3.05, 3.63) is 72.4 Å². The van der Waals surface area contributed by atoms with E-state index >= 15 is 0 Å². The van der Waals surface area contributed by atoms with Gasteiger partial charge in [-0.25, -0.2) is 0 Å². The van der Waals surface area contributed by atoms with Gasteiger partial charge in [0.2, 0.25) is 0 Å². The molecule has 1 heterocycles. The average molecular weight is 379 g/mol. The predicted molar refractivity (Wildman–Crippen MR) is 115 cm³/mol. The van der Waals surface area contributed by atoms with Gasteiger partial charge in [-0.15, -0.1) is 0 Å². The van der Waals surface area contributed by atoms with Crippen LogP contribution in [0.25, 0.3) is 0 Å². The third-order valence-corrected chi connectivity index (χ3v) is 6.81. The van der Waals surface area contributed by atoms with E-state index in [0.29, 0.717) is 0 Å². The maximum atomic E-state index is 5.33. The highest BCUT2D eigenvalue weighted by molar-refractivity contribution is 7.79. The highest BCUT2D eigenvalue weighted by atomic mass is 31.1. The summed E-state index contributed by atoms with van der Waals surface area (Å²) in [6.07, 6.45) is 3.37. The van der Waals surface area contributed by atoms with Gasteiger partial charge in [0, 0.05) is 13.6 Å². The van der Waals surface area contributed by atoms with Gasteiger partial charge in [-0.1, -0.05) is 43.7 Å². The topological polar surface area (TPSA) is 31.4 Å². The van der Waals surface area contributed by atoms with E-state index < -0.39 is 7.92 Å². The SMILES string of the molecule is CCCCc1cccc(P(c2ccc(OC)cc2)c2ccc(OC)cc2)n1. The summed E-state index contributed by atoms with van der Waals surface area (Å²) in [5.74, 6) is 1.74. The van der Waals surface area contributed by atoms with Gasteiger partial charge in [-0.3, -0.25) is 4.98 Å². The van der Waals surface area contributed by atoms with Gasteiger partial charge in [0.1, 0.15) is 11.5 Å². The van der Waals surface area contributed by atoms with Crippen molar-refractivity contribution in [3.63, 3.8) is 0 Å². The molecule has 3 nitrogen and oxygen atoms in total. The first-order chi connectivity index (χ1) is 13.2. The number of nitrogens with zero attached hydrogens (tertiary/aromatic N) is 1. The molecule has 0 N–H and O–H groups in total. The zero-order valence-corrected chi connectivity index (χ0v) is 17.1. The molecule has 140 valence electrons. The maximum Gasteiger partial charge on any atom is 0.118 e. The zero-order valence-electron chi connectivity index (χ0n) is 16.2. The van der Waals surface area contributed by atoms with Crippen molar-refractivity contribution in [1.29, 1.82) is 0 Å². The Morgan fingerprint density at radius 3 is 1.81 bits per heavy atom. The molecule has 0 fully saturated rings. The molecule has 0 amide bonds. The second kappa shape index (κ2) is 9.53. The minimum atomic E-state index is -0.734. The fourth-order valence-corrected chi connectivity index (χ4v) is 5.15. The van der Waals surface area contributed by atoms with Crippen LogP contribution in [-0.4, -0.2) is 19.2 Å². The molecule has 0 spiro atoms. The van der Waals surface area contributed by atoms with Gasteiger partial charge in [-0.2, -0.15) is 0 Å². The van der Waals surface area contributed by atoms with Crippen LogP contribution in [0.3, 0.4) is 0 Å². The molecule has 4 heteroatoms. The molecule has 0 unspecified atom stereocenters. The van der Waals surface area contributed by atoms with E-state index in [1.165, 1.54) is 29.1 Å². The van der Waals surface area contributed by atoms with Crippen molar-refractivity contribution in [2.45, 2.75) is 26.2 Å². The Kier molecular flexibility index (Phi) is 6.84. The van der Waals surface area contributed by atoms with Gasteiger partial charge in [0.05, 0.1) is 19.7 Å². The first kappa shape index (κ1) is 19.4. The number of aryl methyl sites for hydroxylation is 1. The first-order valence-electron chi connectivity index (χ1n) is 9.29. The van der Waals surface area contributed by atoms with Crippen molar-refractivity contribution in [2.75, 3.05) is 14.2 Å². The number of pyridine rings is 1. The fourth-order valence-electron chi connectivity index (χ4n) is 2.96. The van der Waals surface area contributed by atoms with Crippen molar-refractivity contribution in [1.82, 2.24) is 4.98 Å². The second-order valence-corrected chi connectivity index (χ2v) is 8.48. The van der Waals surface area contributed by atoms with Crippen LogP contribution in [0.2, 0.25) is 0 Å². The molecule has 27 heavy (non-hydrogen) atoms. The quantitative estimate of drug-likeness (QED) is 0.550. The molecule has 0 aliphatic rings. The maximum absolute atomic E-state index is 5.33. The molecular weight excluding hydrogens is 353 g/mol. The van der Waals surface area contributed by atoms with Crippen LogP contribution in [-0.2, 0) is 6.42 Å². The van der Waals surface area contributed by atoms with E-state index in [9.17, 15) is 0 Å². The highest BCUT2D eigenvalue weighted by Gasteiger charge is 2.18. The van der Waals surface area contributed by atoms with E-state index in [0.717, 1.165) is 23.4 Å². The van der Waals surface area contributed by atoms with Gasteiger partial charge in [0.25, 0.3) is 0 Å². The Hall–Kier alpha value is -2.38. The monoisotopic (exact) mass is 379 g/mol. The van der Waals surface area contributed by atoms with E-state index in [1.54, 1.807) is 14.2 Å². The van der Waals surface area contributed by atoms with Gasteiger partial charge in [0.15, 0.2) is 0 Å². The smallest absolute Gasteiger partial charge is 0.118 e. The number of ether oxygens (including phenoxy) is 2. The van der Waals surface area contributed by atoms with Crippen LogP contribution >= 0.6 is 7.92 Å². The minimum absolute atomic E-state index is 0.734. The van der Waals surface area contributed by atoms with Crippen LogP contribution in [0.15, 0.2) is 66.7 Å². The van der Waals surface area contributed by atoms with Crippen molar-refractivity contribution < 1.29 is 9.47 Å². The average Bonchev–Trinajstić information content (AvgIpc) is 2.74. The molecule has 1 aromatic heterocycles. The van der Waals surface area contributed by atoms with Crippen LogP contribution in [0, 0.1) is 0 Å². The summed E-state index contributed by atoms with van der Waals surface area (Å²) in [6.45, 7) is 2.21. The molecule has 3 rings (SSSR count). The molecule has 0 bridgehead atoms. The van der Waals surface area contributed by atoms with Crippen LogP contribution in [0.4, 0.5) is 0 Å². The Bertz CT molecular complexity index is 800. The van der Waals surface area contributed by atoms with Crippen LogP contribution in [0.5, 0.6) is 11.5 Å². The third kappa shape index (κ3) is 4.87. The molecular formula is C23H26NO2P. The van der Waals surface area contributed by atoms with Crippen molar-refractivity contribution >= 4 is 24.0 Å². The van der Waals surface area contributed by atoms with Crippen molar-refractivity contribution in [2.24, 2.45) is 0 Å². The van der Waals surface area contributed by atoms with Crippen LogP contribution in [0.1, 0.15) is 25.5 Å². The summed E-state index contributed by atoms with van der Waals surface area (Å²) in [5, 5.41) is 2.52. The molecule has 0 aliphatic heterocycles. The number of aromatic nitrogens is 1. The predicted octanol–water partition coefficient (Wildman–Crippen LogP) is 4.20. The standard InChI is InChI=1S/C23H26NO2P/c1-4-5-7-18-8-6-9-23(24-18)27(21-14-10-19(25-2)11-15-21)22-16-12-20(26-3)13-17-22/h6,8-17H,4-5,7H2,1-3H3. The molecule has 0 saturated carbocycles. The number of hydrogen-bond donors (Lipinski definition) is 0. The summed E-state index contributed by atoms with van der Waals surface area (Å²) in [6, 6.07) is 23.1. The molecule has 2 aromatic carbocycles. The number of unbranched alkanes of at least 4 members (excludes halogenated alkanes) is 1. The molecule has 0 aliphatic carbocycles. The summed E-state index contributed by atoms with van der Waals surface area (Å²) in [4.78, 5) is 5.01. The Balaban J connectivity index is 2.03. The second-order valence-electron chi connectivity index (χ2n) is 6.32. The fraction of sp³-hybridized carbons (Fsp3) is 0.261. The normalized spacial score (nSPS) is 10.8. The highest BCUT2D eigenvalue weighted by Crippen LogP contribution is 2.33. The van der Waals surface area contributed by atoms with E-state index in [2.05, 4.69) is 49.4 Å². The molecule has 3 aromatic rings. The Labute approximate surface area is 163 Å². The lowest BCUT2D eigenvalue weighted by Gasteiger charge is -2.19. The largest absolute Gasteiger partial charge is 0.497 e. The van der Waals surface area contributed by atoms with Gasteiger partial charge < -0.3 is 9.47 Å². The number of benzene rings is 2. The van der Waals surface area contributed by atoms with Crippen LogP contribution < -0.4 is 25.5 Å². The summed E-state index contributed by atoms with van der Waals surface area (Å²) < 4.78 is 10.7. The molecule has 0 saturated heterocycles. The first-order valence-corrected chi connectivity index (χ1v) is 10.6. The number of hydrogen-bond acceptors (Lipinski definition) is 3. The minimum Gasteiger partial charge on any atom is -0.497 e. The lowest BCUT2D eigenvalue weighted by Crippen LogP contribution is -2.23. The van der Waals surface area contributed by atoms with Gasteiger partial charge in [-0.05, 0) is 59.8 Å². The van der Waals surface area contributed by atoms with Crippen molar-refractivity contribution in [3.8, 4) is 11.5 Å². The van der Waals surface area contributed by atoms with E-state index in [1.807, 2.05) is 24.3 Å². The Morgan fingerprint density at radius 2 is 1.33 bits per heavy atom. The molecule has 0 radical (unpaired) electrons. The van der Waals surface area contributed by atoms with E-state index in [-0.39, 0.29) is 0 Å². The van der Waals surface area contributed by atoms with E-state index in [4.69, 9.17) is 14.5 Å². The lowest BCUT2D eigenvalue weighted by atomic mass is 10.2. The summed E-state index contributed by atoms with van der Waals surface area (Å²) >= 11 is 0.